The minimum absolute atomic E-state index is 0.391. The molecule has 0 amide bonds. The molecular formula is C17H28N2O. The zero-order valence-electron chi connectivity index (χ0n) is 13.1. The molecule has 0 saturated carbocycles. The van der Waals surface area contributed by atoms with E-state index in [1.165, 1.54) is 37.1 Å². The lowest BCUT2D eigenvalue weighted by Gasteiger charge is -2.24. The molecule has 2 rings (SSSR count). The summed E-state index contributed by atoms with van der Waals surface area (Å²) in [5.41, 5.74) is 3.56. The SMILES string of the molecule is Cc1ccc(C(O)CN(C)CCN2CCCC2)cc1C. The molecule has 0 aromatic heterocycles. The Morgan fingerprint density at radius 1 is 1.20 bits per heavy atom. The Balaban J connectivity index is 1.80. The zero-order valence-corrected chi connectivity index (χ0v) is 13.1. The van der Waals surface area contributed by atoms with Crippen molar-refractivity contribution >= 4 is 0 Å². The summed E-state index contributed by atoms with van der Waals surface area (Å²) in [4.78, 5) is 4.75. The number of aliphatic hydroxyl groups is 1. The van der Waals surface area contributed by atoms with Crippen molar-refractivity contribution in [2.45, 2.75) is 32.8 Å². The van der Waals surface area contributed by atoms with Crippen molar-refractivity contribution in [2.24, 2.45) is 0 Å². The first-order valence-corrected chi connectivity index (χ1v) is 7.72. The fraction of sp³-hybridized carbons (Fsp3) is 0.647. The second-order valence-electron chi connectivity index (χ2n) is 6.17. The highest BCUT2D eigenvalue weighted by molar-refractivity contribution is 5.31. The number of benzene rings is 1. The van der Waals surface area contributed by atoms with Gasteiger partial charge in [0.05, 0.1) is 6.10 Å². The molecule has 1 heterocycles. The van der Waals surface area contributed by atoms with E-state index in [1.807, 2.05) is 6.07 Å². The third-order valence-corrected chi connectivity index (χ3v) is 4.40. The van der Waals surface area contributed by atoms with Crippen LogP contribution in [0.15, 0.2) is 18.2 Å². The Kier molecular flexibility index (Phi) is 5.58. The Labute approximate surface area is 123 Å². The summed E-state index contributed by atoms with van der Waals surface area (Å²) in [6, 6.07) is 6.24. The Morgan fingerprint density at radius 3 is 2.55 bits per heavy atom. The molecule has 1 fully saturated rings. The summed E-state index contributed by atoms with van der Waals surface area (Å²) in [7, 11) is 2.10. The number of hydrogen-bond donors (Lipinski definition) is 1. The van der Waals surface area contributed by atoms with Crippen molar-refractivity contribution in [3.8, 4) is 0 Å². The van der Waals surface area contributed by atoms with Crippen LogP contribution in [0, 0.1) is 13.8 Å². The van der Waals surface area contributed by atoms with Crippen LogP contribution >= 0.6 is 0 Å². The number of hydrogen-bond acceptors (Lipinski definition) is 3. The zero-order chi connectivity index (χ0) is 14.5. The number of aryl methyl sites for hydroxylation is 2. The smallest absolute Gasteiger partial charge is 0.0916 e. The molecule has 0 spiro atoms. The maximum absolute atomic E-state index is 10.3. The molecule has 1 aromatic rings. The van der Waals surface area contributed by atoms with Gasteiger partial charge in [-0.3, -0.25) is 0 Å². The highest BCUT2D eigenvalue weighted by Crippen LogP contribution is 2.18. The molecule has 1 unspecified atom stereocenters. The Morgan fingerprint density at radius 2 is 1.90 bits per heavy atom. The maximum atomic E-state index is 10.3. The molecule has 0 aliphatic carbocycles. The van der Waals surface area contributed by atoms with Crippen LogP contribution in [0.3, 0.4) is 0 Å². The van der Waals surface area contributed by atoms with Gasteiger partial charge in [-0.2, -0.15) is 0 Å². The van der Waals surface area contributed by atoms with E-state index in [1.54, 1.807) is 0 Å². The number of likely N-dealkylation sites (N-methyl/N-ethyl adjacent to an activating group) is 1. The summed E-state index contributed by atoms with van der Waals surface area (Å²) in [5.74, 6) is 0. The third kappa shape index (κ3) is 4.30. The van der Waals surface area contributed by atoms with Crippen LogP contribution in [0.4, 0.5) is 0 Å². The maximum Gasteiger partial charge on any atom is 0.0916 e. The summed E-state index contributed by atoms with van der Waals surface area (Å²) in [6.07, 6.45) is 2.29. The first-order chi connectivity index (χ1) is 9.56. The molecule has 0 bridgehead atoms. The van der Waals surface area contributed by atoms with Crippen molar-refractivity contribution in [3.63, 3.8) is 0 Å². The van der Waals surface area contributed by atoms with Crippen LogP contribution in [0.1, 0.15) is 35.6 Å². The monoisotopic (exact) mass is 276 g/mol. The van der Waals surface area contributed by atoms with Gasteiger partial charge in [0.25, 0.3) is 0 Å². The van der Waals surface area contributed by atoms with Gasteiger partial charge in [0.1, 0.15) is 0 Å². The van der Waals surface area contributed by atoms with Gasteiger partial charge in [0.2, 0.25) is 0 Å². The van der Waals surface area contributed by atoms with Gasteiger partial charge >= 0.3 is 0 Å². The van der Waals surface area contributed by atoms with Crippen LogP contribution in [0.25, 0.3) is 0 Å². The summed E-state index contributed by atoms with van der Waals surface area (Å²) < 4.78 is 0. The second-order valence-corrected chi connectivity index (χ2v) is 6.17. The van der Waals surface area contributed by atoms with Gasteiger partial charge in [-0.1, -0.05) is 18.2 Å². The van der Waals surface area contributed by atoms with Crippen molar-refractivity contribution in [3.05, 3.63) is 34.9 Å². The standard InChI is InChI=1S/C17H28N2O/c1-14-6-7-16(12-15(14)2)17(20)13-18(3)10-11-19-8-4-5-9-19/h6-7,12,17,20H,4-5,8-11,13H2,1-3H3. The minimum Gasteiger partial charge on any atom is -0.387 e. The molecule has 1 aliphatic heterocycles. The molecule has 1 N–H and O–H groups in total. The molecule has 0 radical (unpaired) electrons. The lowest BCUT2D eigenvalue weighted by atomic mass is 10.0. The van der Waals surface area contributed by atoms with E-state index in [2.05, 4.69) is 42.8 Å². The number of likely N-dealkylation sites (tertiary alicyclic amines) is 1. The highest BCUT2D eigenvalue weighted by atomic mass is 16.3. The highest BCUT2D eigenvalue weighted by Gasteiger charge is 2.14. The van der Waals surface area contributed by atoms with Gasteiger partial charge in [0, 0.05) is 19.6 Å². The van der Waals surface area contributed by atoms with Crippen LogP contribution in [-0.2, 0) is 0 Å². The largest absolute Gasteiger partial charge is 0.387 e. The van der Waals surface area contributed by atoms with E-state index in [0.717, 1.165) is 18.7 Å². The normalized spacial score (nSPS) is 17.9. The molecule has 3 heteroatoms. The van der Waals surface area contributed by atoms with Crippen molar-refractivity contribution < 1.29 is 5.11 Å². The first-order valence-electron chi connectivity index (χ1n) is 7.72. The fourth-order valence-corrected chi connectivity index (χ4v) is 2.78. The number of aliphatic hydroxyl groups excluding tert-OH is 1. The van der Waals surface area contributed by atoms with Crippen molar-refractivity contribution in [1.29, 1.82) is 0 Å². The predicted octanol–water partition coefficient (Wildman–Crippen LogP) is 2.36. The van der Waals surface area contributed by atoms with Crippen LogP contribution in [0.2, 0.25) is 0 Å². The Hall–Kier alpha value is -0.900. The molecular weight excluding hydrogens is 248 g/mol. The topological polar surface area (TPSA) is 26.7 Å². The quantitative estimate of drug-likeness (QED) is 0.864. The lowest BCUT2D eigenvalue weighted by Crippen LogP contribution is -2.33. The summed E-state index contributed by atoms with van der Waals surface area (Å²) in [6.45, 7) is 9.55. The molecule has 20 heavy (non-hydrogen) atoms. The van der Waals surface area contributed by atoms with Crippen LogP contribution in [-0.4, -0.2) is 54.7 Å². The molecule has 1 atom stereocenters. The summed E-state index contributed by atoms with van der Waals surface area (Å²) >= 11 is 0. The molecule has 1 aliphatic rings. The molecule has 1 saturated heterocycles. The van der Waals surface area contributed by atoms with Gasteiger partial charge in [-0.25, -0.2) is 0 Å². The van der Waals surface area contributed by atoms with Gasteiger partial charge in [-0.05, 0) is 63.5 Å². The van der Waals surface area contributed by atoms with Gasteiger partial charge in [0.15, 0.2) is 0 Å². The average molecular weight is 276 g/mol. The molecule has 1 aromatic carbocycles. The predicted molar refractivity (Wildman–Crippen MR) is 84.0 cm³/mol. The van der Waals surface area contributed by atoms with Gasteiger partial charge in [-0.15, -0.1) is 0 Å². The van der Waals surface area contributed by atoms with E-state index >= 15 is 0 Å². The van der Waals surface area contributed by atoms with Gasteiger partial charge < -0.3 is 14.9 Å². The molecule has 3 nitrogen and oxygen atoms in total. The van der Waals surface area contributed by atoms with Crippen LogP contribution < -0.4 is 0 Å². The second kappa shape index (κ2) is 7.21. The number of rotatable bonds is 6. The van der Waals surface area contributed by atoms with Crippen molar-refractivity contribution in [1.82, 2.24) is 9.80 Å². The molecule has 112 valence electrons. The van der Waals surface area contributed by atoms with E-state index in [4.69, 9.17) is 0 Å². The van der Waals surface area contributed by atoms with E-state index in [9.17, 15) is 5.11 Å². The Bertz CT molecular complexity index is 427. The van der Waals surface area contributed by atoms with E-state index in [-0.39, 0.29) is 0 Å². The van der Waals surface area contributed by atoms with Crippen LogP contribution in [0.5, 0.6) is 0 Å². The van der Waals surface area contributed by atoms with E-state index in [0.29, 0.717) is 6.54 Å². The lowest BCUT2D eigenvalue weighted by molar-refractivity contribution is 0.121. The van der Waals surface area contributed by atoms with E-state index < -0.39 is 6.10 Å². The first kappa shape index (κ1) is 15.5. The van der Waals surface area contributed by atoms with Crippen molar-refractivity contribution in [2.75, 3.05) is 39.8 Å². The average Bonchev–Trinajstić information content (AvgIpc) is 2.92. The minimum atomic E-state index is -0.391. The number of nitrogens with zero attached hydrogens (tertiary/aromatic N) is 2. The third-order valence-electron chi connectivity index (χ3n) is 4.40. The fourth-order valence-electron chi connectivity index (χ4n) is 2.78. The summed E-state index contributed by atoms with van der Waals surface area (Å²) in [5, 5.41) is 10.3.